The van der Waals surface area contributed by atoms with Crippen LogP contribution in [0.5, 0.6) is 0 Å². The van der Waals surface area contributed by atoms with Gasteiger partial charge in [0.05, 0.1) is 6.61 Å². The molecule has 26 heavy (non-hydrogen) atoms. The van der Waals surface area contributed by atoms with Crippen molar-refractivity contribution in [3.05, 3.63) is 89.5 Å². The highest BCUT2D eigenvalue weighted by Crippen LogP contribution is 2.29. The SMILES string of the molecule is Cn1ccnc1[C@H](NC(=O)[C@@H]1OCCc2ccccc21)c1ccccc1. The van der Waals surface area contributed by atoms with Gasteiger partial charge in [0.25, 0.3) is 5.91 Å². The van der Waals surface area contributed by atoms with Crippen LogP contribution in [0.25, 0.3) is 0 Å². The van der Waals surface area contributed by atoms with E-state index >= 15 is 0 Å². The van der Waals surface area contributed by atoms with Gasteiger partial charge in [-0.05, 0) is 23.1 Å². The standard InChI is InChI=1S/C21H21N3O2/c1-24-13-12-22-20(24)18(16-8-3-2-4-9-16)23-21(25)19-17-10-6-5-7-15(17)11-14-26-19/h2-10,12-13,18-19H,11,14H2,1H3,(H,23,25)/t18-,19-/m1/s1. The van der Waals surface area contributed by atoms with Crippen molar-refractivity contribution in [3.63, 3.8) is 0 Å². The summed E-state index contributed by atoms with van der Waals surface area (Å²) in [6.07, 6.45) is 3.86. The van der Waals surface area contributed by atoms with E-state index < -0.39 is 6.10 Å². The molecule has 1 aromatic heterocycles. The number of nitrogens with zero attached hydrogens (tertiary/aromatic N) is 2. The predicted molar refractivity (Wildman–Crippen MR) is 98.5 cm³/mol. The number of aromatic nitrogens is 2. The van der Waals surface area contributed by atoms with Crippen molar-refractivity contribution in [2.75, 3.05) is 6.61 Å². The maximum absolute atomic E-state index is 13.1. The fourth-order valence-corrected chi connectivity index (χ4v) is 3.43. The van der Waals surface area contributed by atoms with E-state index in [0.29, 0.717) is 6.61 Å². The highest BCUT2D eigenvalue weighted by Gasteiger charge is 2.30. The number of hydrogen-bond donors (Lipinski definition) is 1. The topological polar surface area (TPSA) is 56.2 Å². The van der Waals surface area contributed by atoms with E-state index in [-0.39, 0.29) is 11.9 Å². The predicted octanol–water partition coefficient (Wildman–Crippen LogP) is 2.94. The Morgan fingerprint density at radius 2 is 1.96 bits per heavy atom. The van der Waals surface area contributed by atoms with Crippen LogP contribution in [0.4, 0.5) is 0 Å². The summed E-state index contributed by atoms with van der Waals surface area (Å²) in [5.41, 5.74) is 3.11. The van der Waals surface area contributed by atoms with Crippen LogP contribution in [-0.2, 0) is 23.0 Å². The lowest BCUT2D eigenvalue weighted by Gasteiger charge is -2.27. The number of benzene rings is 2. The lowest BCUT2D eigenvalue weighted by Crippen LogP contribution is -2.37. The lowest BCUT2D eigenvalue weighted by molar-refractivity contribution is -0.134. The second-order valence-electron chi connectivity index (χ2n) is 6.45. The fourth-order valence-electron chi connectivity index (χ4n) is 3.43. The minimum absolute atomic E-state index is 0.144. The minimum atomic E-state index is -0.591. The number of amides is 1. The van der Waals surface area contributed by atoms with Crippen LogP contribution in [0.1, 0.15) is 34.7 Å². The molecule has 0 saturated heterocycles. The summed E-state index contributed by atoms with van der Waals surface area (Å²) >= 11 is 0. The lowest BCUT2D eigenvalue weighted by atomic mass is 9.96. The van der Waals surface area contributed by atoms with Gasteiger partial charge in [0.1, 0.15) is 11.9 Å². The Labute approximate surface area is 152 Å². The Morgan fingerprint density at radius 3 is 2.73 bits per heavy atom. The number of hydrogen-bond acceptors (Lipinski definition) is 3. The first kappa shape index (κ1) is 16.5. The second kappa shape index (κ2) is 7.14. The summed E-state index contributed by atoms with van der Waals surface area (Å²) in [5.74, 6) is 0.641. The molecule has 3 aromatic rings. The van der Waals surface area contributed by atoms with Gasteiger partial charge in [-0.15, -0.1) is 0 Å². The third-order valence-electron chi connectivity index (χ3n) is 4.77. The van der Waals surface area contributed by atoms with Gasteiger partial charge < -0.3 is 14.6 Å². The molecule has 5 nitrogen and oxygen atoms in total. The van der Waals surface area contributed by atoms with Crippen LogP contribution >= 0.6 is 0 Å². The van der Waals surface area contributed by atoms with Crippen molar-refractivity contribution in [1.82, 2.24) is 14.9 Å². The zero-order valence-electron chi connectivity index (χ0n) is 14.6. The van der Waals surface area contributed by atoms with E-state index in [1.807, 2.05) is 66.3 Å². The van der Waals surface area contributed by atoms with E-state index in [0.717, 1.165) is 23.4 Å². The summed E-state index contributed by atoms with van der Waals surface area (Å²) in [6, 6.07) is 17.5. The maximum Gasteiger partial charge on any atom is 0.254 e. The van der Waals surface area contributed by atoms with E-state index in [1.165, 1.54) is 5.56 Å². The number of nitrogens with one attached hydrogen (secondary N) is 1. The van der Waals surface area contributed by atoms with Crippen LogP contribution in [0.15, 0.2) is 67.0 Å². The molecule has 0 bridgehead atoms. The van der Waals surface area contributed by atoms with Gasteiger partial charge in [0, 0.05) is 19.4 Å². The molecule has 1 aliphatic rings. The van der Waals surface area contributed by atoms with Crippen molar-refractivity contribution >= 4 is 5.91 Å². The highest BCUT2D eigenvalue weighted by atomic mass is 16.5. The van der Waals surface area contributed by atoms with E-state index in [9.17, 15) is 4.79 Å². The van der Waals surface area contributed by atoms with Crippen molar-refractivity contribution < 1.29 is 9.53 Å². The molecule has 1 aliphatic heterocycles. The van der Waals surface area contributed by atoms with Gasteiger partial charge in [-0.25, -0.2) is 4.98 Å². The number of rotatable bonds is 4. The molecule has 0 fully saturated rings. The average molecular weight is 347 g/mol. The minimum Gasteiger partial charge on any atom is -0.363 e. The number of imidazole rings is 1. The van der Waals surface area contributed by atoms with Crippen LogP contribution in [-0.4, -0.2) is 22.1 Å². The molecule has 0 spiro atoms. The van der Waals surface area contributed by atoms with E-state index in [1.54, 1.807) is 6.20 Å². The monoisotopic (exact) mass is 347 g/mol. The zero-order valence-corrected chi connectivity index (χ0v) is 14.6. The number of aryl methyl sites for hydroxylation is 1. The summed E-state index contributed by atoms with van der Waals surface area (Å²) in [4.78, 5) is 17.5. The van der Waals surface area contributed by atoms with Gasteiger partial charge in [0.2, 0.25) is 0 Å². The highest BCUT2D eigenvalue weighted by molar-refractivity contribution is 5.83. The molecule has 2 heterocycles. The first-order valence-corrected chi connectivity index (χ1v) is 8.76. The van der Waals surface area contributed by atoms with Gasteiger partial charge in [-0.3, -0.25) is 4.79 Å². The molecular weight excluding hydrogens is 326 g/mol. The van der Waals surface area contributed by atoms with Crippen molar-refractivity contribution in [2.24, 2.45) is 7.05 Å². The van der Waals surface area contributed by atoms with Gasteiger partial charge in [-0.2, -0.15) is 0 Å². The second-order valence-corrected chi connectivity index (χ2v) is 6.45. The van der Waals surface area contributed by atoms with Crippen LogP contribution < -0.4 is 5.32 Å². The molecule has 1 amide bonds. The van der Waals surface area contributed by atoms with Gasteiger partial charge >= 0.3 is 0 Å². The van der Waals surface area contributed by atoms with Gasteiger partial charge in [-0.1, -0.05) is 54.6 Å². The van der Waals surface area contributed by atoms with Crippen LogP contribution in [0.2, 0.25) is 0 Å². The Bertz CT molecular complexity index is 904. The maximum atomic E-state index is 13.1. The summed E-state index contributed by atoms with van der Waals surface area (Å²) < 4.78 is 7.74. The summed E-state index contributed by atoms with van der Waals surface area (Å²) in [7, 11) is 1.93. The van der Waals surface area contributed by atoms with Crippen LogP contribution in [0, 0.1) is 0 Å². The Morgan fingerprint density at radius 1 is 1.19 bits per heavy atom. The number of ether oxygens (including phenoxy) is 1. The molecule has 0 radical (unpaired) electrons. The zero-order chi connectivity index (χ0) is 17.9. The summed E-state index contributed by atoms with van der Waals surface area (Å²) in [5, 5.41) is 3.14. The first-order chi connectivity index (χ1) is 12.7. The molecule has 2 atom stereocenters. The molecule has 1 N–H and O–H groups in total. The quantitative estimate of drug-likeness (QED) is 0.789. The van der Waals surface area contributed by atoms with Crippen molar-refractivity contribution in [3.8, 4) is 0 Å². The third kappa shape index (κ3) is 3.13. The Balaban J connectivity index is 1.65. The van der Waals surface area contributed by atoms with E-state index in [2.05, 4.69) is 16.4 Å². The normalized spacial score (nSPS) is 17.3. The van der Waals surface area contributed by atoms with Crippen molar-refractivity contribution in [1.29, 1.82) is 0 Å². The Hall–Kier alpha value is -2.92. The molecule has 5 heteroatoms. The molecule has 0 saturated carbocycles. The molecule has 132 valence electrons. The number of carbonyl (C=O) groups is 1. The van der Waals surface area contributed by atoms with E-state index in [4.69, 9.17) is 4.74 Å². The molecule has 2 aromatic carbocycles. The molecule has 0 aliphatic carbocycles. The third-order valence-corrected chi connectivity index (χ3v) is 4.77. The fraction of sp³-hybridized carbons (Fsp3) is 0.238. The Kier molecular flexibility index (Phi) is 4.54. The molecule has 0 unspecified atom stereocenters. The van der Waals surface area contributed by atoms with Gasteiger partial charge in [0.15, 0.2) is 6.10 Å². The number of fused-ring (bicyclic) bond motifs is 1. The smallest absolute Gasteiger partial charge is 0.254 e. The largest absolute Gasteiger partial charge is 0.363 e. The first-order valence-electron chi connectivity index (χ1n) is 8.76. The molecular formula is C21H21N3O2. The van der Waals surface area contributed by atoms with Crippen LogP contribution in [0.3, 0.4) is 0 Å². The summed E-state index contributed by atoms with van der Waals surface area (Å²) in [6.45, 7) is 0.549. The van der Waals surface area contributed by atoms with Crippen molar-refractivity contribution in [2.45, 2.75) is 18.6 Å². The number of carbonyl (C=O) groups excluding carboxylic acids is 1. The molecule has 4 rings (SSSR count). The average Bonchev–Trinajstić information content (AvgIpc) is 3.12.